The van der Waals surface area contributed by atoms with Crippen molar-refractivity contribution in [2.24, 2.45) is 5.92 Å². The maximum atomic E-state index is 13.0. The molecule has 8 heteroatoms. The molecule has 0 heterocycles. The Kier molecular flexibility index (Phi) is 10.4. The van der Waals surface area contributed by atoms with Gasteiger partial charge in [-0.15, -0.1) is 0 Å². The number of rotatable bonds is 10. The van der Waals surface area contributed by atoms with E-state index in [-0.39, 0.29) is 11.7 Å². The predicted molar refractivity (Wildman–Crippen MR) is 119 cm³/mol. The van der Waals surface area contributed by atoms with E-state index in [9.17, 15) is 19.5 Å². The number of nitrogens with zero attached hydrogens (tertiary/aromatic N) is 2. The molecule has 172 valence electrons. The average molecular weight is 443 g/mol. The number of methoxy groups -OCH3 is 1. The highest BCUT2D eigenvalue weighted by Gasteiger charge is 2.39. The first-order valence-electron chi connectivity index (χ1n) is 11.4. The first-order chi connectivity index (χ1) is 14.4. The summed E-state index contributed by atoms with van der Waals surface area (Å²) in [5.74, 6) is -2.23. The summed E-state index contributed by atoms with van der Waals surface area (Å²) in [6.07, 6.45) is 11.5. The second-order valence-corrected chi connectivity index (χ2v) is 9.13. The molecule has 0 bridgehead atoms. The zero-order chi connectivity index (χ0) is 22.1. The molecule has 30 heavy (non-hydrogen) atoms. The summed E-state index contributed by atoms with van der Waals surface area (Å²) in [6, 6.07) is -0.180. The fourth-order valence-corrected chi connectivity index (χ4v) is 5.06. The zero-order valence-electron chi connectivity index (χ0n) is 18.4. The van der Waals surface area contributed by atoms with Crippen LogP contribution in [-0.4, -0.2) is 76.8 Å². The van der Waals surface area contributed by atoms with Crippen LogP contribution in [0.1, 0.15) is 71.1 Å². The predicted octanol–water partition coefficient (Wildman–Crippen LogP) is 2.97. The third-order valence-electron chi connectivity index (χ3n) is 6.60. The van der Waals surface area contributed by atoms with E-state index >= 15 is 0 Å². The molecule has 2 atom stereocenters. The number of carbonyl (C=O) groups is 3. The summed E-state index contributed by atoms with van der Waals surface area (Å²) in [4.78, 5) is 41.0. The molecular weight excluding hydrogens is 404 g/mol. The topological polar surface area (TPSA) is 87.2 Å². The Balaban J connectivity index is 2.32. The maximum absolute atomic E-state index is 13.0. The van der Waals surface area contributed by atoms with Crippen LogP contribution in [0.15, 0.2) is 0 Å². The van der Waals surface area contributed by atoms with Crippen LogP contribution in [0.5, 0.6) is 0 Å². The summed E-state index contributed by atoms with van der Waals surface area (Å²) in [5.41, 5.74) is 0. The largest absolute Gasteiger partial charge is 0.480 e. The van der Waals surface area contributed by atoms with Crippen molar-refractivity contribution in [1.29, 1.82) is 0 Å². The summed E-state index contributed by atoms with van der Waals surface area (Å²) >= 11 is 4.20. The lowest BCUT2D eigenvalue weighted by molar-refractivity contribution is -0.159. The highest BCUT2D eigenvalue weighted by Crippen LogP contribution is 2.31. The molecule has 0 spiro atoms. The van der Waals surface area contributed by atoms with Gasteiger partial charge in [0.05, 0.1) is 7.11 Å². The molecule has 0 saturated heterocycles. The third-order valence-corrected chi connectivity index (χ3v) is 7.15. The fraction of sp³-hybridized carbons (Fsp3) is 0.864. The number of carboxylic acids is 1. The van der Waals surface area contributed by atoms with E-state index < -0.39 is 30.4 Å². The number of ether oxygens (including phenoxy) is 1. The van der Waals surface area contributed by atoms with E-state index in [1.54, 1.807) is 6.92 Å². The van der Waals surface area contributed by atoms with Gasteiger partial charge >= 0.3 is 11.9 Å². The number of esters is 1. The lowest BCUT2D eigenvalue weighted by atomic mass is 9.88. The van der Waals surface area contributed by atoms with Crippen LogP contribution < -0.4 is 0 Å². The Morgan fingerprint density at radius 3 is 1.90 bits per heavy atom. The molecule has 0 aromatic rings. The van der Waals surface area contributed by atoms with E-state index in [1.807, 2.05) is 0 Å². The lowest BCUT2D eigenvalue weighted by Gasteiger charge is -2.44. The molecular formula is C22H38N2O5S. The van der Waals surface area contributed by atoms with E-state index in [1.165, 1.54) is 50.5 Å². The quantitative estimate of drug-likeness (QED) is 0.400. The van der Waals surface area contributed by atoms with Gasteiger partial charge in [0.15, 0.2) is 0 Å². The van der Waals surface area contributed by atoms with Crippen molar-refractivity contribution >= 4 is 30.5 Å². The second kappa shape index (κ2) is 12.5. The van der Waals surface area contributed by atoms with Gasteiger partial charge in [-0.3, -0.25) is 14.5 Å². The maximum Gasteiger partial charge on any atom is 0.329 e. The lowest BCUT2D eigenvalue weighted by Crippen LogP contribution is -2.58. The van der Waals surface area contributed by atoms with Crippen molar-refractivity contribution in [2.45, 2.75) is 89.3 Å². The molecule has 0 radical (unpaired) electrons. The average Bonchev–Trinajstić information content (AvgIpc) is 2.78. The first kappa shape index (κ1) is 25.0. The van der Waals surface area contributed by atoms with E-state index in [2.05, 4.69) is 17.5 Å². The van der Waals surface area contributed by atoms with Crippen molar-refractivity contribution in [3.05, 3.63) is 0 Å². The molecule has 2 saturated carbocycles. The molecule has 1 N–H and O–H groups in total. The Morgan fingerprint density at radius 2 is 1.50 bits per heavy atom. The van der Waals surface area contributed by atoms with Crippen LogP contribution in [0.4, 0.5) is 0 Å². The number of carboxylic acid groups (broad SMARTS) is 1. The third kappa shape index (κ3) is 6.87. The van der Waals surface area contributed by atoms with Crippen LogP contribution >= 0.6 is 12.6 Å². The smallest absolute Gasteiger partial charge is 0.329 e. The van der Waals surface area contributed by atoms with Gasteiger partial charge in [-0.25, -0.2) is 4.79 Å². The zero-order valence-corrected chi connectivity index (χ0v) is 19.3. The molecule has 2 fully saturated rings. The minimum Gasteiger partial charge on any atom is -0.480 e. The van der Waals surface area contributed by atoms with Crippen LogP contribution in [0.25, 0.3) is 0 Å². The number of hydrogen-bond acceptors (Lipinski definition) is 6. The molecule has 0 unspecified atom stereocenters. The standard InChI is InChI=1S/C22H38N2O5S/c1-16(15-30)21(27)24(14-20(25)26)19(22(28)29-2)13-23(17-9-5-3-6-10-17)18-11-7-4-8-12-18/h16-19,30H,3-15H2,1-2H3,(H,25,26)/t16-,19+/m1/s1. The van der Waals surface area contributed by atoms with Crippen molar-refractivity contribution in [1.82, 2.24) is 9.80 Å². The molecule has 1 amide bonds. The van der Waals surface area contributed by atoms with Gasteiger partial charge in [-0.1, -0.05) is 45.4 Å². The molecule has 0 aromatic carbocycles. The normalized spacial score (nSPS) is 20.5. The number of carbonyl (C=O) groups excluding carboxylic acids is 2. The molecule has 0 aromatic heterocycles. The van der Waals surface area contributed by atoms with Gasteiger partial charge < -0.3 is 14.7 Å². The molecule has 0 aliphatic heterocycles. The van der Waals surface area contributed by atoms with Gasteiger partial charge in [0.1, 0.15) is 12.6 Å². The van der Waals surface area contributed by atoms with Crippen molar-refractivity contribution in [2.75, 3.05) is 26.0 Å². The fourth-order valence-electron chi connectivity index (χ4n) is 4.91. The molecule has 2 aliphatic rings. The molecule has 2 rings (SSSR count). The van der Waals surface area contributed by atoms with Crippen LogP contribution in [0.2, 0.25) is 0 Å². The van der Waals surface area contributed by atoms with Gasteiger partial charge in [0.2, 0.25) is 5.91 Å². The van der Waals surface area contributed by atoms with Gasteiger partial charge in [-0.05, 0) is 25.7 Å². The SMILES string of the molecule is COC(=O)[C@H](CN(C1CCCCC1)C1CCCCC1)N(CC(=O)O)C(=O)[C@H](C)CS. The number of thiol groups is 1. The minimum absolute atomic E-state index is 0.289. The van der Waals surface area contributed by atoms with Gasteiger partial charge in [0.25, 0.3) is 0 Å². The Labute approximate surface area is 185 Å². The number of hydrogen-bond donors (Lipinski definition) is 2. The minimum atomic E-state index is -1.13. The molecule has 7 nitrogen and oxygen atoms in total. The Hall–Kier alpha value is -1.28. The summed E-state index contributed by atoms with van der Waals surface area (Å²) in [6.45, 7) is 1.53. The van der Waals surface area contributed by atoms with E-state index in [4.69, 9.17) is 4.74 Å². The van der Waals surface area contributed by atoms with Gasteiger partial charge in [0, 0.05) is 30.3 Å². The summed E-state index contributed by atoms with van der Waals surface area (Å²) in [7, 11) is 1.30. The second-order valence-electron chi connectivity index (χ2n) is 8.76. The van der Waals surface area contributed by atoms with Crippen LogP contribution in [0.3, 0.4) is 0 Å². The summed E-state index contributed by atoms with van der Waals surface area (Å²) < 4.78 is 5.04. The number of amides is 1. The van der Waals surface area contributed by atoms with Crippen molar-refractivity contribution in [3.63, 3.8) is 0 Å². The van der Waals surface area contributed by atoms with Crippen LogP contribution in [0, 0.1) is 5.92 Å². The first-order valence-corrected chi connectivity index (χ1v) is 12.0. The van der Waals surface area contributed by atoms with Crippen molar-refractivity contribution < 1.29 is 24.2 Å². The highest BCUT2D eigenvalue weighted by atomic mass is 32.1. The highest BCUT2D eigenvalue weighted by molar-refractivity contribution is 7.80. The van der Waals surface area contributed by atoms with Gasteiger partial charge in [-0.2, -0.15) is 12.6 Å². The molecule has 2 aliphatic carbocycles. The number of aliphatic carboxylic acids is 1. The monoisotopic (exact) mass is 442 g/mol. The van der Waals surface area contributed by atoms with E-state index in [0.717, 1.165) is 25.7 Å². The Morgan fingerprint density at radius 1 is 1.00 bits per heavy atom. The van der Waals surface area contributed by atoms with Crippen LogP contribution in [-0.2, 0) is 19.1 Å². The van der Waals surface area contributed by atoms with E-state index in [0.29, 0.717) is 18.6 Å². The summed E-state index contributed by atoms with van der Waals surface area (Å²) in [5, 5.41) is 9.44. The van der Waals surface area contributed by atoms with Crippen molar-refractivity contribution in [3.8, 4) is 0 Å². The Bertz CT molecular complexity index is 558.